The standard InChI is InChI=1S/C12H13BrN/c1-3-14-7-6-9(2)11-5-4-10(13)8-12(11)14/h4-8H,3H2,1-2H3/q+1. The van der Waals surface area contributed by atoms with Crippen LogP contribution >= 0.6 is 15.9 Å². The lowest BCUT2D eigenvalue weighted by Crippen LogP contribution is -2.32. The Balaban J connectivity index is 2.85. The zero-order chi connectivity index (χ0) is 10.1. The Labute approximate surface area is 92.5 Å². The molecule has 0 atom stereocenters. The summed E-state index contributed by atoms with van der Waals surface area (Å²) >= 11 is 3.51. The molecule has 72 valence electrons. The summed E-state index contributed by atoms with van der Waals surface area (Å²) in [4.78, 5) is 0. The number of pyridine rings is 1. The highest BCUT2D eigenvalue weighted by atomic mass is 79.9. The van der Waals surface area contributed by atoms with Crippen LogP contribution < -0.4 is 4.57 Å². The highest BCUT2D eigenvalue weighted by Crippen LogP contribution is 2.19. The molecule has 0 saturated carbocycles. The molecular formula is C12H13BrN+. The normalized spacial score (nSPS) is 10.8. The van der Waals surface area contributed by atoms with Crippen LogP contribution in [0.4, 0.5) is 0 Å². The van der Waals surface area contributed by atoms with Crippen molar-refractivity contribution in [3.8, 4) is 0 Å². The van der Waals surface area contributed by atoms with Crippen LogP contribution in [0.15, 0.2) is 34.9 Å². The van der Waals surface area contributed by atoms with Gasteiger partial charge in [0, 0.05) is 22.0 Å². The van der Waals surface area contributed by atoms with Gasteiger partial charge in [0.2, 0.25) is 5.52 Å². The van der Waals surface area contributed by atoms with Crippen LogP contribution in [-0.2, 0) is 6.54 Å². The van der Waals surface area contributed by atoms with Crippen LogP contribution in [0, 0.1) is 6.92 Å². The fourth-order valence-electron chi connectivity index (χ4n) is 1.72. The zero-order valence-corrected chi connectivity index (χ0v) is 10.0. The van der Waals surface area contributed by atoms with E-state index in [0.29, 0.717) is 0 Å². The lowest BCUT2D eigenvalue weighted by Gasteiger charge is -2.02. The molecule has 0 amide bonds. The van der Waals surface area contributed by atoms with Crippen molar-refractivity contribution in [2.24, 2.45) is 0 Å². The van der Waals surface area contributed by atoms with E-state index < -0.39 is 0 Å². The van der Waals surface area contributed by atoms with E-state index in [1.54, 1.807) is 0 Å². The summed E-state index contributed by atoms with van der Waals surface area (Å²) in [5, 5.41) is 1.33. The van der Waals surface area contributed by atoms with Gasteiger partial charge in [-0.3, -0.25) is 0 Å². The smallest absolute Gasteiger partial charge is 0.199 e. The largest absolute Gasteiger partial charge is 0.213 e. The van der Waals surface area contributed by atoms with Crippen molar-refractivity contribution in [3.63, 3.8) is 0 Å². The lowest BCUT2D eigenvalue weighted by molar-refractivity contribution is -0.667. The van der Waals surface area contributed by atoms with Crippen molar-refractivity contribution in [1.29, 1.82) is 0 Å². The van der Waals surface area contributed by atoms with Crippen LogP contribution in [0.3, 0.4) is 0 Å². The van der Waals surface area contributed by atoms with Crippen LogP contribution in [0.25, 0.3) is 10.9 Å². The number of fused-ring (bicyclic) bond motifs is 1. The molecule has 2 rings (SSSR count). The van der Waals surface area contributed by atoms with E-state index in [2.05, 4.69) is 64.8 Å². The molecule has 0 aliphatic heterocycles. The van der Waals surface area contributed by atoms with Gasteiger partial charge in [0.25, 0.3) is 0 Å². The Kier molecular flexibility index (Phi) is 2.55. The van der Waals surface area contributed by atoms with E-state index in [0.717, 1.165) is 11.0 Å². The first-order chi connectivity index (χ1) is 6.72. The molecule has 2 heteroatoms. The molecule has 0 saturated heterocycles. The van der Waals surface area contributed by atoms with Gasteiger partial charge in [-0.15, -0.1) is 0 Å². The van der Waals surface area contributed by atoms with Gasteiger partial charge >= 0.3 is 0 Å². The Morgan fingerprint density at radius 3 is 2.79 bits per heavy atom. The Morgan fingerprint density at radius 1 is 1.29 bits per heavy atom. The molecule has 1 aromatic heterocycles. The zero-order valence-electron chi connectivity index (χ0n) is 8.42. The minimum Gasteiger partial charge on any atom is -0.199 e. The second kappa shape index (κ2) is 3.70. The first kappa shape index (κ1) is 9.66. The van der Waals surface area contributed by atoms with Gasteiger partial charge in [-0.1, -0.05) is 15.9 Å². The first-order valence-electron chi connectivity index (χ1n) is 4.80. The molecule has 2 aromatic rings. The minimum atomic E-state index is 1.01. The second-order valence-electron chi connectivity index (χ2n) is 3.45. The van der Waals surface area contributed by atoms with Crippen molar-refractivity contribution < 1.29 is 4.57 Å². The quantitative estimate of drug-likeness (QED) is 0.685. The van der Waals surface area contributed by atoms with Crippen molar-refractivity contribution in [3.05, 3.63) is 40.5 Å². The predicted octanol–water partition coefficient (Wildman–Crippen LogP) is 3.22. The van der Waals surface area contributed by atoms with Gasteiger partial charge < -0.3 is 0 Å². The average molecular weight is 251 g/mol. The van der Waals surface area contributed by atoms with Crippen molar-refractivity contribution in [2.75, 3.05) is 0 Å². The molecule has 0 unspecified atom stereocenters. The van der Waals surface area contributed by atoms with Crippen molar-refractivity contribution >= 4 is 26.8 Å². The van der Waals surface area contributed by atoms with Gasteiger partial charge in [0.1, 0.15) is 6.54 Å². The molecule has 0 spiro atoms. The number of aryl methyl sites for hydroxylation is 2. The number of halogens is 1. The Morgan fingerprint density at radius 2 is 2.07 bits per heavy atom. The first-order valence-corrected chi connectivity index (χ1v) is 5.60. The van der Waals surface area contributed by atoms with Gasteiger partial charge in [-0.05, 0) is 31.5 Å². The lowest BCUT2D eigenvalue weighted by atomic mass is 10.1. The molecule has 0 aliphatic rings. The molecule has 0 aliphatic carbocycles. The fourth-order valence-corrected chi connectivity index (χ4v) is 2.07. The highest BCUT2D eigenvalue weighted by molar-refractivity contribution is 9.10. The molecule has 0 radical (unpaired) electrons. The molecular weight excluding hydrogens is 238 g/mol. The summed E-state index contributed by atoms with van der Waals surface area (Å²) in [6.07, 6.45) is 2.14. The van der Waals surface area contributed by atoms with Gasteiger partial charge in [0.15, 0.2) is 6.20 Å². The van der Waals surface area contributed by atoms with E-state index in [1.807, 2.05) is 0 Å². The molecule has 0 fully saturated rings. The average Bonchev–Trinajstić information content (AvgIpc) is 2.18. The summed E-state index contributed by atoms with van der Waals surface area (Å²) in [6.45, 7) is 5.32. The van der Waals surface area contributed by atoms with Crippen molar-refractivity contribution in [2.45, 2.75) is 20.4 Å². The minimum absolute atomic E-state index is 1.01. The maximum atomic E-state index is 3.51. The van der Waals surface area contributed by atoms with Crippen molar-refractivity contribution in [1.82, 2.24) is 0 Å². The van der Waals surface area contributed by atoms with Crippen LogP contribution in [0.1, 0.15) is 12.5 Å². The predicted molar refractivity (Wildman–Crippen MR) is 62.3 cm³/mol. The third kappa shape index (κ3) is 1.55. The maximum absolute atomic E-state index is 3.51. The monoisotopic (exact) mass is 250 g/mol. The van der Waals surface area contributed by atoms with Gasteiger partial charge in [0.05, 0.1) is 0 Å². The van der Waals surface area contributed by atoms with E-state index in [9.17, 15) is 0 Å². The third-order valence-electron chi connectivity index (χ3n) is 2.54. The molecule has 1 heterocycles. The number of hydrogen-bond acceptors (Lipinski definition) is 0. The van der Waals surface area contributed by atoms with E-state index in [4.69, 9.17) is 0 Å². The Hall–Kier alpha value is -0.890. The molecule has 14 heavy (non-hydrogen) atoms. The number of benzene rings is 1. The molecule has 0 bridgehead atoms. The summed E-state index contributed by atoms with van der Waals surface area (Å²) in [7, 11) is 0. The number of nitrogens with zero attached hydrogens (tertiary/aromatic N) is 1. The van der Waals surface area contributed by atoms with Gasteiger partial charge in [-0.2, -0.15) is 4.57 Å². The maximum Gasteiger partial charge on any atom is 0.213 e. The summed E-state index contributed by atoms with van der Waals surface area (Å²) in [6, 6.07) is 8.60. The number of aromatic nitrogens is 1. The SMILES string of the molecule is CC[n+]1ccc(C)c2ccc(Br)cc21. The summed E-state index contributed by atoms with van der Waals surface area (Å²) in [5.74, 6) is 0. The van der Waals surface area contributed by atoms with Crippen LogP contribution in [0.2, 0.25) is 0 Å². The fraction of sp³-hybridized carbons (Fsp3) is 0.250. The van der Waals surface area contributed by atoms with Crippen LogP contribution in [0.5, 0.6) is 0 Å². The van der Waals surface area contributed by atoms with E-state index in [1.165, 1.54) is 16.5 Å². The molecule has 1 aromatic carbocycles. The highest BCUT2D eigenvalue weighted by Gasteiger charge is 2.08. The van der Waals surface area contributed by atoms with Gasteiger partial charge in [-0.25, -0.2) is 0 Å². The third-order valence-corrected chi connectivity index (χ3v) is 3.03. The molecule has 1 nitrogen and oxygen atoms in total. The number of rotatable bonds is 1. The van der Waals surface area contributed by atoms with Crippen LogP contribution in [-0.4, -0.2) is 0 Å². The Bertz CT molecular complexity index is 477. The topological polar surface area (TPSA) is 3.88 Å². The van der Waals surface area contributed by atoms with E-state index in [-0.39, 0.29) is 0 Å². The second-order valence-corrected chi connectivity index (χ2v) is 4.36. The summed E-state index contributed by atoms with van der Waals surface area (Å²) < 4.78 is 3.39. The number of hydrogen-bond donors (Lipinski definition) is 0. The summed E-state index contributed by atoms with van der Waals surface area (Å²) in [5.41, 5.74) is 2.62. The van der Waals surface area contributed by atoms with E-state index >= 15 is 0 Å². The molecule has 0 N–H and O–H groups in total.